The molecule has 0 fully saturated rings. The van der Waals surface area contributed by atoms with E-state index in [1.54, 1.807) is 0 Å². The van der Waals surface area contributed by atoms with Crippen molar-refractivity contribution in [2.24, 2.45) is 0 Å². The molecule has 0 aromatic heterocycles. The van der Waals surface area contributed by atoms with Crippen LogP contribution >= 0.6 is 0 Å². The standard InChI is InChI=1S/2C24H40O2.Ba/c2*1-2-3-4-5-6-7-8-12-17-22(23-19-14-11-15-20-23)18-13-9-10-16-21-24(25)26;/h2*11,14-15,19-20,22H,2-10,12-13,16-18,21H2,1H3,(H,25,26);/q;;+2/p-2. The molecule has 2 aromatic carbocycles. The first-order valence-electron chi connectivity index (χ1n) is 22.0. The third kappa shape index (κ3) is 32.9. The molecule has 53 heavy (non-hydrogen) atoms. The number of benzene rings is 2. The van der Waals surface area contributed by atoms with Crippen molar-refractivity contribution in [3.63, 3.8) is 0 Å². The largest absolute Gasteiger partial charge is 2.00 e. The minimum Gasteiger partial charge on any atom is -0.550 e. The third-order valence-electron chi connectivity index (χ3n) is 10.7. The van der Waals surface area contributed by atoms with Crippen LogP contribution in [0.5, 0.6) is 0 Å². The van der Waals surface area contributed by atoms with Crippen molar-refractivity contribution in [3.8, 4) is 0 Å². The van der Waals surface area contributed by atoms with Crippen LogP contribution in [0.2, 0.25) is 0 Å². The van der Waals surface area contributed by atoms with Crippen molar-refractivity contribution in [1.82, 2.24) is 0 Å². The first-order valence-corrected chi connectivity index (χ1v) is 22.0. The van der Waals surface area contributed by atoms with Gasteiger partial charge in [-0.25, -0.2) is 0 Å². The number of carboxylic acid groups (broad SMARTS) is 2. The van der Waals surface area contributed by atoms with Crippen LogP contribution in [-0.4, -0.2) is 60.8 Å². The van der Waals surface area contributed by atoms with Gasteiger partial charge in [0.1, 0.15) is 0 Å². The van der Waals surface area contributed by atoms with Gasteiger partial charge in [0.15, 0.2) is 0 Å². The molecule has 0 heterocycles. The zero-order valence-corrected chi connectivity index (χ0v) is 38.9. The van der Waals surface area contributed by atoms with Gasteiger partial charge in [0, 0.05) is 11.9 Å². The van der Waals surface area contributed by atoms with Crippen molar-refractivity contribution in [2.75, 3.05) is 0 Å². The molecule has 296 valence electrons. The van der Waals surface area contributed by atoms with Crippen LogP contribution in [0.4, 0.5) is 0 Å². The minimum atomic E-state index is -0.915. The SMILES string of the molecule is CCCCCCCCCCC(CCCCCCC(=O)[O-])c1ccccc1.CCCCCCCCCCC(CCCCCCC(=O)[O-])c1ccccc1.[Ba+2]. The van der Waals surface area contributed by atoms with Crippen LogP contribution in [0, 0.1) is 0 Å². The van der Waals surface area contributed by atoms with Gasteiger partial charge in [0.2, 0.25) is 0 Å². The zero-order valence-electron chi connectivity index (χ0n) is 34.5. The molecule has 0 N–H and O–H groups in total. The van der Waals surface area contributed by atoms with Gasteiger partial charge in [0.25, 0.3) is 0 Å². The minimum absolute atomic E-state index is 0. The van der Waals surface area contributed by atoms with Gasteiger partial charge < -0.3 is 19.8 Å². The van der Waals surface area contributed by atoms with Gasteiger partial charge in [0.05, 0.1) is 0 Å². The summed E-state index contributed by atoms with van der Waals surface area (Å²) in [6.07, 6.45) is 35.6. The number of hydrogen-bond donors (Lipinski definition) is 0. The molecule has 0 spiro atoms. The van der Waals surface area contributed by atoms with Crippen molar-refractivity contribution in [2.45, 2.75) is 218 Å². The molecule has 2 unspecified atom stereocenters. The number of unbranched alkanes of at least 4 members (excludes halogenated alkanes) is 20. The smallest absolute Gasteiger partial charge is 0.550 e. The summed E-state index contributed by atoms with van der Waals surface area (Å²) < 4.78 is 0. The third-order valence-corrected chi connectivity index (χ3v) is 10.7. The van der Waals surface area contributed by atoms with E-state index in [4.69, 9.17) is 0 Å². The molecular formula is C48H78BaO4. The number of rotatable bonds is 34. The monoisotopic (exact) mass is 856 g/mol. The number of carbonyl (C=O) groups is 2. The maximum atomic E-state index is 10.5. The average Bonchev–Trinajstić information content (AvgIpc) is 3.15. The molecule has 0 aliphatic carbocycles. The fourth-order valence-electron chi connectivity index (χ4n) is 7.48. The average molecular weight is 856 g/mol. The van der Waals surface area contributed by atoms with Crippen molar-refractivity contribution < 1.29 is 19.8 Å². The van der Waals surface area contributed by atoms with E-state index in [0.29, 0.717) is 11.8 Å². The Morgan fingerprint density at radius 2 is 0.642 bits per heavy atom. The van der Waals surface area contributed by atoms with Crippen LogP contribution < -0.4 is 10.2 Å². The summed E-state index contributed by atoms with van der Waals surface area (Å²) in [7, 11) is 0. The Balaban J connectivity index is 0.00000100. The molecule has 0 saturated carbocycles. The second-order valence-corrected chi connectivity index (χ2v) is 15.4. The number of hydrogen-bond acceptors (Lipinski definition) is 4. The van der Waals surface area contributed by atoms with Crippen molar-refractivity contribution >= 4 is 60.8 Å². The zero-order chi connectivity index (χ0) is 37.7. The number of aliphatic carboxylic acids is 2. The fourth-order valence-corrected chi connectivity index (χ4v) is 7.48. The molecule has 0 aliphatic rings. The molecule has 2 aromatic rings. The van der Waals surface area contributed by atoms with E-state index >= 15 is 0 Å². The van der Waals surface area contributed by atoms with Gasteiger partial charge in [-0.05, 0) is 74.3 Å². The molecule has 0 bridgehead atoms. The molecule has 0 aliphatic heterocycles. The molecule has 2 atom stereocenters. The molecule has 5 heteroatoms. The van der Waals surface area contributed by atoms with E-state index in [9.17, 15) is 19.8 Å². The van der Waals surface area contributed by atoms with Crippen LogP contribution in [-0.2, 0) is 9.59 Å². The Hall–Kier alpha value is -1.05. The summed E-state index contributed by atoms with van der Waals surface area (Å²) in [6, 6.07) is 21.9. The summed E-state index contributed by atoms with van der Waals surface area (Å²) in [6.45, 7) is 4.54. The molecule has 2 rings (SSSR count). The maximum Gasteiger partial charge on any atom is 2.00 e. The molecule has 4 nitrogen and oxygen atoms in total. The van der Waals surface area contributed by atoms with E-state index in [2.05, 4.69) is 74.5 Å². The Kier molecular flexibility index (Phi) is 38.4. The summed E-state index contributed by atoms with van der Waals surface area (Å²) >= 11 is 0. The molecular weight excluding hydrogens is 778 g/mol. The second-order valence-electron chi connectivity index (χ2n) is 15.4. The second kappa shape index (κ2) is 39.2. The first-order chi connectivity index (χ1) is 25.5. The predicted molar refractivity (Wildman–Crippen MR) is 224 cm³/mol. The van der Waals surface area contributed by atoms with E-state index in [1.165, 1.54) is 152 Å². The Bertz CT molecular complexity index is 974. The maximum absolute atomic E-state index is 10.5. The molecule has 0 radical (unpaired) electrons. The van der Waals surface area contributed by atoms with Crippen LogP contribution in [0.1, 0.15) is 229 Å². The summed E-state index contributed by atoms with van der Waals surface area (Å²) in [5, 5.41) is 20.9. The summed E-state index contributed by atoms with van der Waals surface area (Å²) in [5.74, 6) is -0.501. The normalized spacial score (nSPS) is 12.0. The summed E-state index contributed by atoms with van der Waals surface area (Å²) in [4.78, 5) is 20.9. The van der Waals surface area contributed by atoms with Gasteiger partial charge in [-0.3, -0.25) is 0 Å². The molecule has 0 amide bonds. The van der Waals surface area contributed by atoms with E-state index in [0.717, 1.165) is 38.5 Å². The van der Waals surface area contributed by atoms with Gasteiger partial charge in [-0.1, -0.05) is 216 Å². The van der Waals surface area contributed by atoms with Crippen LogP contribution in [0.25, 0.3) is 0 Å². The Morgan fingerprint density at radius 3 is 0.906 bits per heavy atom. The van der Waals surface area contributed by atoms with Crippen molar-refractivity contribution in [1.29, 1.82) is 0 Å². The fraction of sp³-hybridized carbons (Fsp3) is 0.708. The van der Waals surface area contributed by atoms with Gasteiger partial charge in [-0.2, -0.15) is 0 Å². The Morgan fingerprint density at radius 1 is 0.396 bits per heavy atom. The topological polar surface area (TPSA) is 80.3 Å². The van der Waals surface area contributed by atoms with Crippen molar-refractivity contribution in [3.05, 3.63) is 71.8 Å². The van der Waals surface area contributed by atoms with E-state index in [1.807, 2.05) is 0 Å². The van der Waals surface area contributed by atoms with E-state index < -0.39 is 11.9 Å². The number of carbonyl (C=O) groups excluding carboxylic acids is 2. The summed E-state index contributed by atoms with van der Waals surface area (Å²) in [5.41, 5.74) is 2.95. The van der Waals surface area contributed by atoms with Gasteiger partial charge in [-0.15, -0.1) is 0 Å². The predicted octanol–water partition coefficient (Wildman–Crippen LogP) is 12.4. The van der Waals surface area contributed by atoms with Crippen LogP contribution in [0.15, 0.2) is 60.7 Å². The first kappa shape index (κ1) is 52.0. The molecule has 0 saturated heterocycles. The quantitative estimate of drug-likeness (QED) is 0.0519. The van der Waals surface area contributed by atoms with Crippen LogP contribution in [0.3, 0.4) is 0 Å². The van der Waals surface area contributed by atoms with Gasteiger partial charge >= 0.3 is 48.9 Å². The van der Waals surface area contributed by atoms with E-state index in [-0.39, 0.29) is 61.7 Å². The number of carboxylic acids is 2. The Labute approximate surface area is 367 Å².